The van der Waals surface area contributed by atoms with Crippen LogP contribution in [0.2, 0.25) is 0 Å². The molecule has 0 radical (unpaired) electrons. The number of nitrogens with zero attached hydrogens (tertiary/aromatic N) is 1. The molecule has 0 fully saturated rings. The first-order valence-electron chi connectivity index (χ1n) is 13.5. The Morgan fingerprint density at radius 1 is 1.00 bits per heavy atom. The Labute approximate surface area is 223 Å². The Morgan fingerprint density at radius 3 is 2.43 bits per heavy atom. The Bertz CT molecular complexity index is 999. The monoisotopic (exact) mass is 509 g/mol. The maximum Gasteiger partial charge on any atom is 0.275 e. The molecule has 0 unspecified atom stereocenters. The molecule has 0 saturated carbocycles. The van der Waals surface area contributed by atoms with Gasteiger partial charge in [-0.1, -0.05) is 44.9 Å². The summed E-state index contributed by atoms with van der Waals surface area (Å²) in [6.07, 6.45) is 8.16. The molecule has 0 atom stereocenters. The SMILES string of the molecule is C=CCc1cccc(Oc2ccc(C(=O)CC)cc2)c1OCCCC[N+](C)(C)CC(=O)NCCCCC. The van der Waals surface area contributed by atoms with Gasteiger partial charge in [0.1, 0.15) is 5.75 Å². The molecule has 0 bridgehead atoms. The van der Waals surface area contributed by atoms with Crippen LogP contribution in [0, 0.1) is 0 Å². The molecule has 0 heterocycles. The van der Waals surface area contributed by atoms with Gasteiger partial charge in [-0.3, -0.25) is 9.59 Å². The number of carbonyl (C=O) groups excluding carboxylic acids is 2. The van der Waals surface area contributed by atoms with Crippen molar-refractivity contribution in [2.45, 2.75) is 58.8 Å². The second-order valence-corrected chi connectivity index (χ2v) is 10.1. The second-order valence-electron chi connectivity index (χ2n) is 10.1. The number of carbonyl (C=O) groups is 2. The van der Waals surface area contributed by atoms with E-state index in [4.69, 9.17) is 9.47 Å². The first-order chi connectivity index (χ1) is 17.8. The summed E-state index contributed by atoms with van der Waals surface area (Å²) in [5.41, 5.74) is 1.70. The Morgan fingerprint density at radius 2 is 1.76 bits per heavy atom. The van der Waals surface area contributed by atoms with Crippen molar-refractivity contribution in [1.82, 2.24) is 5.32 Å². The van der Waals surface area contributed by atoms with Gasteiger partial charge in [-0.25, -0.2) is 0 Å². The normalized spacial score (nSPS) is 11.1. The first-order valence-corrected chi connectivity index (χ1v) is 13.5. The van der Waals surface area contributed by atoms with E-state index in [0.29, 0.717) is 47.5 Å². The standard InChI is InChI=1S/C31H44N2O4/c1-6-9-10-21-32-30(35)24-33(4,5)22-11-12-23-36-31-26(14-7-2)15-13-16-29(31)37-27-19-17-25(18-20-27)28(34)8-3/h7,13,15-20H,2,6,8-12,14,21-24H2,1,3-5H3/p+1. The smallest absolute Gasteiger partial charge is 0.275 e. The van der Waals surface area contributed by atoms with Crippen LogP contribution in [0.4, 0.5) is 0 Å². The molecule has 0 aliphatic rings. The molecule has 37 heavy (non-hydrogen) atoms. The number of likely N-dealkylation sites (N-methyl/N-ethyl adjacent to an activating group) is 1. The van der Waals surface area contributed by atoms with E-state index >= 15 is 0 Å². The minimum absolute atomic E-state index is 0.109. The summed E-state index contributed by atoms with van der Waals surface area (Å²) >= 11 is 0. The highest BCUT2D eigenvalue weighted by Gasteiger charge is 2.19. The van der Waals surface area contributed by atoms with Crippen LogP contribution in [-0.4, -0.2) is 56.5 Å². The fourth-order valence-corrected chi connectivity index (χ4v) is 4.10. The van der Waals surface area contributed by atoms with Gasteiger partial charge in [-0.05, 0) is 56.0 Å². The highest BCUT2D eigenvalue weighted by Crippen LogP contribution is 2.35. The summed E-state index contributed by atoms with van der Waals surface area (Å²) < 4.78 is 13.0. The summed E-state index contributed by atoms with van der Waals surface area (Å²) in [6, 6.07) is 13.1. The van der Waals surface area contributed by atoms with Crippen molar-refractivity contribution in [3.8, 4) is 17.2 Å². The van der Waals surface area contributed by atoms with Gasteiger partial charge in [0, 0.05) is 24.1 Å². The third-order valence-corrected chi connectivity index (χ3v) is 6.23. The van der Waals surface area contributed by atoms with Gasteiger partial charge in [-0.2, -0.15) is 0 Å². The zero-order valence-electron chi connectivity index (χ0n) is 23.2. The molecule has 2 aromatic carbocycles. The molecule has 2 aromatic rings. The number of rotatable bonds is 18. The number of quaternary nitrogens is 1. The van der Waals surface area contributed by atoms with Crippen molar-refractivity contribution in [1.29, 1.82) is 0 Å². The van der Waals surface area contributed by atoms with E-state index < -0.39 is 0 Å². The largest absolute Gasteiger partial charge is 0.489 e. The van der Waals surface area contributed by atoms with Crippen LogP contribution < -0.4 is 14.8 Å². The molecule has 0 aliphatic carbocycles. The van der Waals surface area contributed by atoms with Crippen LogP contribution in [0.3, 0.4) is 0 Å². The van der Waals surface area contributed by atoms with Crippen molar-refractivity contribution >= 4 is 11.7 Å². The maximum absolute atomic E-state index is 12.3. The van der Waals surface area contributed by atoms with Gasteiger partial charge < -0.3 is 19.3 Å². The van der Waals surface area contributed by atoms with E-state index in [1.54, 1.807) is 12.1 Å². The van der Waals surface area contributed by atoms with Crippen molar-refractivity contribution in [3.05, 3.63) is 66.2 Å². The molecule has 0 spiro atoms. The number of unbranched alkanes of at least 4 members (excludes halogenated alkanes) is 3. The number of allylic oxidation sites excluding steroid dienone is 1. The predicted molar refractivity (Wildman–Crippen MR) is 151 cm³/mol. The van der Waals surface area contributed by atoms with E-state index in [1.165, 1.54) is 0 Å². The lowest BCUT2D eigenvalue weighted by atomic mass is 10.1. The summed E-state index contributed by atoms with van der Waals surface area (Å²) in [6.45, 7) is 10.6. The molecule has 0 saturated heterocycles. The number of amides is 1. The van der Waals surface area contributed by atoms with Gasteiger partial charge in [0.15, 0.2) is 23.8 Å². The summed E-state index contributed by atoms with van der Waals surface area (Å²) in [7, 11) is 4.19. The number of ketones is 1. The van der Waals surface area contributed by atoms with E-state index in [0.717, 1.165) is 56.5 Å². The fraction of sp³-hybridized carbons (Fsp3) is 0.484. The van der Waals surface area contributed by atoms with E-state index in [1.807, 2.05) is 43.3 Å². The van der Waals surface area contributed by atoms with E-state index in [9.17, 15) is 9.59 Å². The highest BCUT2D eigenvalue weighted by atomic mass is 16.5. The predicted octanol–water partition coefficient (Wildman–Crippen LogP) is 6.34. The summed E-state index contributed by atoms with van der Waals surface area (Å²) in [4.78, 5) is 24.2. The zero-order valence-corrected chi connectivity index (χ0v) is 23.2. The van der Waals surface area contributed by atoms with Crippen LogP contribution in [-0.2, 0) is 11.2 Å². The number of nitrogens with one attached hydrogen (secondary N) is 1. The minimum Gasteiger partial charge on any atom is -0.489 e. The van der Waals surface area contributed by atoms with Crippen LogP contribution >= 0.6 is 0 Å². The van der Waals surface area contributed by atoms with Crippen LogP contribution in [0.5, 0.6) is 17.2 Å². The quantitative estimate of drug-likeness (QED) is 0.110. The second kappa shape index (κ2) is 15.9. The van der Waals surface area contributed by atoms with Crippen molar-refractivity contribution < 1.29 is 23.5 Å². The molecule has 202 valence electrons. The third-order valence-electron chi connectivity index (χ3n) is 6.23. The van der Waals surface area contributed by atoms with E-state index in [-0.39, 0.29) is 11.7 Å². The van der Waals surface area contributed by atoms with Crippen LogP contribution in [0.1, 0.15) is 68.3 Å². The number of hydrogen-bond acceptors (Lipinski definition) is 4. The lowest BCUT2D eigenvalue weighted by Crippen LogP contribution is -2.48. The molecule has 6 heteroatoms. The van der Waals surface area contributed by atoms with Crippen LogP contribution in [0.25, 0.3) is 0 Å². The van der Waals surface area contributed by atoms with Crippen molar-refractivity contribution in [3.63, 3.8) is 0 Å². The van der Waals surface area contributed by atoms with Gasteiger partial charge in [0.2, 0.25) is 0 Å². The molecule has 6 nitrogen and oxygen atoms in total. The number of para-hydroxylation sites is 1. The highest BCUT2D eigenvalue weighted by molar-refractivity contribution is 5.95. The van der Waals surface area contributed by atoms with Crippen molar-refractivity contribution in [2.24, 2.45) is 0 Å². The molecule has 0 aliphatic heterocycles. The topological polar surface area (TPSA) is 64.6 Å². The summed E-state index contributed by atoms with van der Waals surface area (Å²) in [5, 5.41) is 3.03. The maximum atomic E-state index is 12.3. The fourth-order valence-electron chi connectivity index (χ4n) is 4.10. The van der Waals surface area contributed by atoms with Gasteiger partial charge >= 0.3 is 0 Å². The third kappa shape index (κ3) is 10.8. The molecular weight excluding hydrogens is 464 g/mol. The summed E-state index contributed by atoms with van der Waals surface area (Å²) in [5.74, 6) is 2.24. The number of ether oxygens (including phenoxy) is 2. The van der Waals surface area contributed by atoms with E-state index in [2.05, 4.69) is 32.9 Å². The zero-order chi connectivity index (χ0) is 27.1. The Balaban J connectivity index is 1.91. The lowest BCUT2D eigenvalue weighted by molar-refractivity contribution is -0.882. The Hall–Kier alpha value is -3.12. The minimum atomic E-state index is 0.109. The average Bonchev–Trinajstić information content (AvgIpc) is 2.87. The van der Waals surface area contributed by atoms with Crippen LogP contribution in [0.15, 0.2) is 55.1 Å². The molecule has 0 aromatic heterocycles. The lowest BCUT2D eigenvalue weighted by Gasteiger charge is -2.29. The van der Waals surface area contributed by atoms with Crippen molar-refractivity contribution in [2.75, 3.05) is 40.3 Å². The number of benzene rings is 2. The Kier molecular flexibility index (Phi) is 12.9. The molecule has 1 N–H and O–H groups in total. The number of Topliss-reactive ketones (excluding diaryl/α,β-unsaturated/α-hetero) is 1. The first kappa shape index (κ1) is 30.1. The van der Waals surface area contributed by atoms with Gasteiger partial charge in [0.25, 0.3) is 5.91 Å². The molecule has 1 amide bonds. The van der Waals surface area contributed by atoms with Gasteiger partial charge in [0.05, 0.1) is 27.2 Å². The molecule has 2 rings (SSSR count). The van der Waals surface area contributed by atoms with Gasteiger partial charge in [-0.15, -0.1) is 6.58 Å². The average molecular weight is 510 g/mol. The molecular formula is C31H45N2O4+. The number of hydrogen-bond donors (Lipinski definition) is 1.